The summed E-state index contributed by atoms with van der Waals surface area (Å²) < 4.78 is 3.36. The number of hydrogen-bond acceptors (Lipinski definition) is 4. The van der Waals surface area contributed by atoms with Gasteiger partial charge in [-0.05, 0) is 6.07 Å². The van der Waals surface area contributed by atoms with Gasteiger partial charge >= 0.3 is 0 Å². The van der Waals surface area contributed by atoms with Gasteiger partial charge in [-0.3, -0.25) is 4.79 Å². The minimum Gasteiger partial charge on any atom is -0.348 e. The standard InChI is InChI=1S/C14H12N6O/c21-14-11-8-16-13-1-4-18-20(13)12(11)3-6-19(14)5-2-10-7-15-9-17-10/h1,3-4,6-9H,2,5H2,(H,15,17). The van der Waals surface area contributed by atoms with Crippen LogP contribution in [0.3, 0.4) is 0 Å². The van der Waals surface area contributed by atoms with Gasteiger partial charge in [0.1, 0.15) is 0 Å². The first-order valence-corrected chi connectivity index (χ1v) is 6.62. The molecule has 4 rings (SSSR count). The Morgan fingerprint density at radius 1 is 1.24 bits per heavy atom. The monoisotopic (exact) mass is 280 g/mol. The summed E-state index contributed by atoms with van der Waals surface area (Å²) in [5.41, 5.74) is 2.45. The zero-order valence-corrected chi connectivity index (χ0v) is 11.1. The predicted octanol–water partition coefficient (Wildman–Crippen LogP) is 1.01. The lowest BCUT2D eigenvalue weighted by Crippen LogP contribution is -2.21. The lowest BCUT2D eigenvalue weighted by atomic mass is 10.3. The molecule has 21 heavy (non-hydrogen) atoms. The van der Waals surface area contributed by atoms with Gasteiger partial charge in [-0.15, -0.1) is 0 Å². The number of hydrogen-bond donors (Lipinski definition) is 1. The summed E-state index contributed by atoms with van der Waals surface area (Å²) in [6.07, 6.45) is 9.20. The molecule has 0 fully saturated rings. The summed E-state index contributed by atoms with van der Waals surface area (Å²) in [5, 5.41) is 4.76. The van der Waals surface area contributed by atoms with Gasteiger partial charge in [0.2, 0.25) is 0 Å². The Morgan fingerprint density at radius 3 is 3.05 bits per heavy atom. The quantitative estimate of drug-likeness (QED) is 0.607. The fourth-order valence-corrected chi connectivity index (χ4v) is 2.44. The molecule has 0 amide bonds. The number of fused-ring (bicyclic) bond motifs is 3. The fraction of sp³-hybridized carbons (Fsp3) is 0.143. The maximum Gasteiger partial charge on any atom is 0.261 e. The minimum atomic E-state index is -0.0584. The molecular formula is C14H12N6O. The van der Waals surface area contributed by atoms with Gasteiger partial charge in [-0.2, -0.15) is 5.10 Å². The summed E-state index contributed by atoms with van der Waals surface area (Å²) >= 11 is 0. The summed E-state index contributed by atoms with van der Waals surface area (Å²) in [6, 6.07) is 3.70. The van der Waals surface area contributed by atoms with Crippen molar-refractivity contribution in [1.29, 1.82) is 0 Å². The molecule has 0 aliphatic rings. The van der Waals surface area contributed by atoms with E-state index in [2.05, 4.69) is 20.1 Å². The van der Waals surface area contributed by atoms with Crippen molar-refractivity contribution >= 4 is 16.6 Å². The van der Waals surface area contributed by atoms with Crippen molar-refractivity contribution in [3.63, 3.8) is 0 Å². The molecule has 4 heterocycles. The number of nitrogens with one attached hydrogen (secondary N) is 1. The first-order valence-electron chi connectivity index (χ1n) is 6.62. The SMILES string of the molecule is O=c1c2cnc3ccnn3c2ccn1CCc1cnc[nH]1. The van der Waals surface area contributed by atoms with Crippen LogP contribution in [0.25, 0.3) is 16.6 Å². The van der Waals surface area contributed by atoms with E-state index in [-0.39, 0.29) is 5.56 Å². The highest BCUT2D eigenvalue weighted by molar-refractivity contribution is 5.78. The average Bonchev–Trinajstić information content (AvgIpc) is 3.17. The fourth-order valence-electron chi connectivity index (χ4n) is 2.44. The van der Waals surface area contributed by atoms with Crippen LogP contribution in [0, 0.1) is 0 Å². The van der Waals surface area contributed by atoms with E-state index in [1.54, 1.807) is 40.2 Å². The Kier molecular flexibility index (Phi) is 2.56. The van der Waals surface area contributed by atoms with E-state index in [0.29, 0.717) is 11.9 Å². The average molecular weight is 280 g/mol. The first-order chi connectivity index (χ1) is 10.3. The molecular weight excluding hydrogens is 268 g/mol. The number of aromatic amines is 1. The highest BCUT2D eigenvalue weighted by Crippen LogP contribution is 2.10. The van der Waals surface area contributed by atoms with Gasteiger partial charge < -0.3 is 9.55 Å². The second kappa shape index (κ2) is 4.55. The van der Waals surface area contributed by atoms with Crippen LogP contribution in [0.1, 0.15) is 5.69 Å². The summed E-state index contributed by atoms with van der Waals surface area (Å²) in [6.45, 7) is 0.591. The summed E-state index contributed by atoms with van der Waals surface area (Å²) in [5.74, 6) is 0. The Labute approximate surface area is 118 Å². The number of aryl methyl sites for hydroxylation is 2. The van der Waals surface area contributed by atoms with Gasteiger partial charge in [0.25, 0.3) is 5.56 Å². The van der Waals surface area contributed by atoms with E-state index in [0.717, 1.165) is 23.3 Å². The number of rotatable bonds is 3. The van der Waals surface area contributed by atoms with Gasteiger partial charge in [0, 0.05) is 43.3 Å². The first kappa shape index (κ1) is 11.8. The molecule has 0 unspecified atom stereocenters. The molecule has 0 aromatic carbocycles. The molecule has 0 spiro atoms. The van der Waals surface area contributed by atoms with Gasteiger partial charge in [-0.1, -0.05) is 0 Å². The number of imidazole rings is 1. The van der Waals surface area contributed by atoms with E-state index in [9.17, 15) is 4.79 Å². The third-order valence-electron chi connectivity index (χ3n) is 3.53. The van der Waals surface area contributed by atoms with Crippen LogP contribution < -0.4 is 5.56 Å². The largest absolute Gasteiger partial charge is 0.348 e. The van der Waals surface area contributed by atoms with E-state index in [1.165, 1.54) is 0 Å². The van der Waals surface area contributed by atoms with Crippen LogP contribution in [0.4, 0.5) is 0 Å². The second-order valence-electron chi connectivity index (χ2n) is 4.80. The normalized spacial score (nSPS) is 11.4. The molecule has 0 saturated heterocycles. The molecule has 0 radical (unpaired) electrons. The molecule has 4 aromatic rings. The zero-order valence-electron chi connectivity index (χ0n) is 11.1. The lowest BCUT2D eigenvalue weighted by molar-refractivity contribution is 0.666. The molecule has 4 aromatic heterocycles. The molecule has 7 nitrogen and oxygen atoms in total. The molecule has 0 atom stereocenters. The van der Waals surface area contributed by atoms with Crippen LogP contribution in [0.15, 0.2) is 48.0 Å². The minimum absolute atomic E-state index is 0.0584. The van der Waals surface area contributed by atoms with E-state index in [4.69, 9.17) is 0 Å². The maximum atomic E-state index is 12.5. The topological polar surface area (TPSA) is 80.9 Å². The van der Waals surface area contributed by atoms with Crippen molar-refractivity contribution in [2.45, 2.75) is 13.0 Å². The molecule has 0 bridgehead atoms. The number of aromatic nitrogens is 6. The van der Waals surface area contributed by atoms with E-state index >= 15 is 0 Å². The highest BCUT2D eigenvalue weighted by Gasteiger charge is 2.07. The van der Waals surface area contributed by atoms with Gasteiger partial charge in [0.05, 0.1) is 23.4 Å². The Balaban J connectivity index is 1.79. The Bertz CT molecular complexity index is 966. The number of H-pyrrole nitrogens is 1. The van der Waals surface area contributed by atoms with E-state index < -0.39 is 0 Å². The van der Waals surface area contributed by atoms with Crippen molar-refractivity contribution < 1.29 is 0 Å². The summed E-state index contributed by atoms with van der Waals surface area (Å²) in [4.78, 5) is 23.8. The lowest BCUT2D eigenvalue weighted by Gasteiger charge is -2.07. The number of pyridine rings is 1. The summed E-state index contributed by atoms with van der Waals surface area (Å²) in [7, 11) is 0. The van der Waals surface area contributed by atoms with Crippen LogP contribution in [0.2, 0.25) is 0 Å². The van der Waals surface area contributed by atoms with Crippen LogP contribution >= 0.6 is 0 Å². The zero-order chi connectivity index (χ0) is 14.2. The molecule has 1 N–H and O–H groups in total. The van der Waals surface area contributed by atoms with E-state index in [1.807, 2.05) is 12.1 Å². The van der Waals surface area contributed by atoms with Crippen molar-refractivity contribution in [1.82, 2.24) is 29.1 Å². The molecule has 7 heteroatoms. The smallest absolute Gasteiger partial charge is 0.261 e. The molecule has 0 aliphatic carbocycles. The van der Waals surface area contributed by atoms with Crippen molar-refractivity contribution in [3.8, 4) is 0 Å². The third-order valence-corrected chi connectivity index (χ3v) is 3.53. The molecule has 0 aliphatic heterocycles. The van der Waals surface area contributed by atoms with Crippen LogP contribution in [-0.4, -0.2) is 29.1 Å². The molecule has 0 saturated carbocycles. The van der Waals surface area contributed by atoms with Gasteiger partial charge in [-0.25, -0.2) is 14.5 Å². The highest BCUT2D eigenvalue weighted by atomic mass is 16.1. The van der Waals surface area contributed by atoms with Crippen molar-refractivity contribution in [3.05, 3.63) is 59.3 Å². The van der Waals surface area contributed by atoms with Crippen LogP contribution in [0.5, 0.6) is 0 Å². The predicted molar refractivity (Wildman–Crippen MR) is 77.0 cm³/mol. The molecule has 104 valence electrons. The second-order valence-corrected chi connectivity index (χ2v) is 4.80. The maximum absolute atomic E-state index is 12.5. The van der Waals surface area contributed by atoms with Crippen molar-refractivity contribution in [2.24, 2.45) is 0 Å². The van der Waals surface area contributed by atoms with Crippen molar-refractivity contribution in [2.75, 3.05) is 0 Å². The van der Waals surface area contributed by atoms with Crippen LogP contribution in [-0.2, 0) is 13.0 Å². The Hall–Kier alpha value is -2.96. The number of nitrogens with zero attached hydrogens (tertiary/aromatic N) is 5. The third kappa shape index (κ3) is 1.90. The Morgan fingerprint density at radius 2 is 2.19 bits per heavy atom. The van der Waals surface area contributed by atoms with Gasteiger partial charge in [0.15, 0.2) is 5.65 Å².